The minimum absolute atomic E-state index is 0.0477. The molecule has 0 amide bonds. The zero-order valence-corrected chi connectivity index (χ0v) is 8.22. The van der Waals surface area contributed by atoms with Crippen molar-refractivity contribution in [2.24, 2.45) is 0 Å². The molecule has 0 saturated heterocycles. The summed E-state index contributed by atoms with van der Waals surface area (Å²) >= 11 is 0. The molecule has 0 fully saturated rings. The maximum atomic E-state index is 11.5. The highest BCUT2D eigenvalue weighted by Crippen LogP contribution is 2.49. The first-order valence-electron chi connectivity index (χ1n) is 3.62. The smallest absolute Gasteiger partial charge is 0.406 e. The second-order valence-electron chi connectivity index (χ2n) is 1.80. The summed E-state index contributed by atoms with van der Waals surface area (Å²) in [5.41, 5.74) is 0. The molecule has 0 unspecified atom stereocenters. The highest BCUT2D eigenvalue weighted by Gasteiger charge is 2.25. The van der Waals surface area contributed by atoms with Crippen LogP contribution in [0.1, 0.15) is 13.8 Å². The third kappa shape index (κ3) is 5.74. The fraction of sp³-hybridized carbons (Fsp3) is 0.667. The predicted molar refractivity (Wildman–Crippen MR) is 42.2 cm³/mol. The largest absolute Gasteiger partial charge is 0.529 e. The molecule has 13 heavy (non-hydrogen) atoms. The van der Waals surface area contributed by atoms with E-state index in [1.807, 2.05) is 0 Å². The highest BCUT2D eigenvalue weighted by molar-refractivity contribution is 7.48. The Morgan fingerprint density at radius 3 is 2.08 bits per heavy atom. The first-order valence-corrected chi connectivity index (χ1v) is 5.08. The molecule has 0 radical (unpaired) electrons. The zero-order valence-electron chi connectivity index (χ0n) is 7.33. The molecule has 0 heterocycles. The van der Waals surface area contributed by atoms with Crippen LogP contribution in [0.15, 0.2) is 12.3 Å². The van der Waals surface area contributed by atoms with Crippen LogP contribution < -0.4 is 0 Å². The summed E-state index contributed by atoms with van der Waals surface area (Å²) in [5, 5.41) is 0. The molecule has 0 aliphatic carbocycles. The van der Waals surface area contributed by atoms with Crippen LogP contribution in [0.4, 0.5) is 8.78 Å². The number of hydrogen-bond acceptors (Lipinski definition) is 4. The normalized spacial score (nSPS) is 11.1. The van der Waals surface area contributed by atoms with Crippen LogP contribution >= 0.6 is 7.82 Å². The van der Waals surface area contributed by atoms with E-state index in [4.69, 9.17) is 0 Å². The van der Waals surface area contributed by atoms with E-state index in [1.165, 1.54) is 0 Å². The van der Waals surface area contributed by atoms with Gasteiger partial charge in [-0.2, -0.15) is 8.78 Å². The van der Waals surface area contributed by atoms with E-state index >= 15 is 0 Å². The molecule has 0 aromatic heterocycles. The van der Waals surface area contributed by atoms with E-state index in [2.05, 4.69) is 13.6 Å². The quantitative estimate of drug-likeness (QED) is 0.505. The molecule has 0 bridgehead atoms. The third-order valence-corrected chi connectivity index (χ3v) is 2.36. The molecule has 0 aromatic rings. The van der Waals surface area contributed by atoms with Crippen molar-refractivity contribution < 1.29 is 26.9 Å². The van der Waals surface area contributed by atoms with Crippen molar-refractivity contribution in [3.63, 3.8) is 0 Å². The van der Waals surface area contributed by atoms with Crippen molar-refractivity contribution in [2.75, 3.05) is 13.2 Å². The molecule has 0 aliphatic heterocycles. The topological polar surface area (TPSA) is 44.8 Å². The predicted octanol–water partition coefficient (Wildman–Crippen LogP) is 2.92. The molecule has 0 atom stereocenters. The van der Waals surface area contributed by atoms with Crippen molar-refractivity contribution in [3.05, 3.63) is 12.3 Å². The molecular weight excluding hydrogens is 205 g/mol. The van der Waals surface area contributed by atoms with E-state index < -0.39 is 13.9 Å². The maximum Gasteiger partial charge on any atom is 0.529 e. The second-order valence-corrected chi connectivity index (χ2v) is 3.42. The molecular formula is C6H11F2O4P. The monoisotopic (exact) mass is 216 g/mol. The maximum absolute atomic E-state index is 11.5. The second kappa shape index (κ2) is 6.07. The molecule has 7 heteroatoms. The van der Waals surface area contributed by atoms with Gasteiger partial charge in [0, 0.05) is 0 Å². The Hall–Kier alpha value is -0.450. The number of phosphoric acid groups is 1. The number of rotatable bonds is 6. The lowest BCUT2D eigenvalue weighted by atomic mass is 10.9. The van der Waals surface area contributed by atoms with Gasteiger partial charge in [-0.1, -0.05) is 0 Å². The molecule has 0 N–H and O–H groups in total. The van der Waals surface area contributed by atoms with Gasteiger partial charge in [0.25, 0.3) is 0 Å². The van der Waals surface area contributed by atoms with Crippen molar-refractivity contribution >= 4 is 7.82 Å². The molecule has 78 valence electrons. The number of halogens is 2. The van der Waals surface area contributed by atoms with Gasteiger partial charge in [0.15, 0.2) is 6.26 Å². The fourth-order valence-corrected chi connectivity index (χ4v) is 1.56. The van der Waals surface area contributed by atoms with Gasteiger partial charge < -0.3 is 4.52 Å². The Bertz CT molecular complexity index is 205. The lowest BCUT2D eigenvalue weighted by molar-refractivity contribution is 0.149. The van der Waals surface area contributed by atoms with E-state index in [1.54, 1.807) is 13.8 Å². The lowest BCUT2D eigenvalue weighted by Gasteiger charge is -2.13. The summed E-state index contributed by atoms with van der Waals surface area (Å²) in [6, 6.07) is 0. The van der Waals surface area contributed by atoms with Crippen LogP contribution in [-0.2, 0) is 18.1 Å². The third-order valence-electron chi connectivity index (χ3n) is 0.845. The van der Waals surface area contributed by atoms with E-state index in [0.717, 1.165) is 0 Å². The summed E-state index contributed by atoms with van der Waals surface area (Å²) < 4.78 is 47.7. The van der Waals surface area contributed by atoms with Crippen LogP contribution in [0.2, 0.25) is 0 Å². The van der Waals surface area contributed by atoms with Gasteiger partial charge >= 0.3 is 13.9 Å². The zero-order chi connectivity index (χ0) is 10.3. The van der Waals surface area contributed by atoms with Gasteiger partial charge in [0.05, 0.1) is 13.2 Å². The van der Waals surface area contributed by atoms with Gasteiger partial charge in [-0.05, 0) is 13.8 Å². The average molecular weight is 216 g/mol. The molecule has 0 saturated carbocycles. The standard InChI is InChI=1S/C6H11F2O4P/c1-3-10-13(9,11-4-2)12-5-6(7)8/h5H,3-4H2,1-2H3. The highest BCUT2D eigenvalue weighted by atomic mass is 31.2. The summed E-state index contributed by atoms with van der Waals surface area (Å²) in [7, 11) is -3.83. The van der Waals surface area contributed by atoms with Gasteiger partial charge in [-0.25, -0.2) is 4.57 Å². The fourth-order valence-electron chi connectivity index (χ4n) is 0.519. The van der Waals surface area contributed by atoms with Crippen molar-refractivity contribution in [2.45, 2.75) is 13.8 Å². The van der Waals surface area contributed by atoms with Crippen molar-refractivity contribution in [1.29, 1.82) is 0 Å². The van der Waals surface area contributed by atoms with Crippen molar-refractivity contribution in [1.82, 2.24) is 0 Å². The Labute approximate surface area is 75.1 Å². The summed E-state index contributed by atoms with van der Waals surface area (Å²) in [6.07, 6.45) is -2.05. The van der Waals surface area contributed by atoms with Crippen LogP contribution in [0, 0.1) is 0 Å². The Morgan fingerprint density at radius 2 is 1.77 bits per heavy atom. The molecule has 0 aromatic carbocycles. The van der Waals surface area contributed by atoms with Crippen LogP contribution in [0.3, 0.4) is 0 Å². The summed E-state index contributed by atoms with van der Waals surface area (Å²) in [6.45, 7) is 3.20. The Morgan fingerprint density at radius 1 is 1.31 bits per heavy atom. The average Bonchev–Trinajstić information content (AvgIpc) is 2.02. The Kier molecular flexibility index (Phi) is 5.86. The summed E-state index contributed by atoms with van der Waals surface area (Å²) in [4.78, 5) is 0. The van der Waals surface area contributed by atoms with Gasteiger partial charge in [0.1, 0.15) is 0 Å². The van der Waals surface area contributed by atoms with Crippen molar-refractivity contribution in [3.8, 4) is 0 Å². The van der Waals surface area contributed by atoms with Crippen LogP contribution in [0.25, 0.3) is 0 Å². The Balaban J connectivity index is 4.24. The summed E-state index contributed by atoms with van der Waals surface area (Å²) in [5.74, 6) is 0. The van der Waals surface area contributed by atoms with E-state index in [-0.39, 0.29) is 19.5 Å². The molecule has 0 aliphatic rings. The van der Waals surface area contributed by atoms with Gasteiger partial charge in [-0.15, -0.1) is 0 Å². The first kappa shape index (κ1) is 12.6. The van der Waals surface area contributed by atoms with Gasteiger partial charge in [0.2, 0.25) is 0 Å². The van der Waals surface area contributed by atoms with E-state index in [0.29, 0.717) is 0 Å². The first-order chi connectivity index (χ1) is 6.04. The SMILES string of the molecule is CCOP(=O)(OC=C(F)F)OCC. The number of hydrogen-bond donors (Lipinski definition) is 0. The van der Waals surface area contributed by atoms with Crippen LogP contribution in [-0.4, -0.2) is 13.2 Å². The molecule has 4 nitrogen and oxygen atoms in total. The van der Waals surface area contributed by atoms with Crippen LogP contribution in [0.5, 0.6) is 0 Å². The van der Waals surface area contributed by atoms with Gasteiger partial charge in [-0.3, -0.25) is 9.05 Å². The molecule has 0 rings (SSSR count). The van der Waals surface area contributed by atoms with E-state index in [9.17, 15) is 13.3 Å². The minimum atomic E-state index is -3.83. The minimum Gasteiger partial charge on any atom is -0.406 e. The number of phosphoric ester groups is 1. The molecule has 0 spiro atoms. The lowest BCUT2D eigenvalue weighted by Crippen LogP contribution is -1.96.